The Morgan fingerprint density at radius 1 is 1.29 bits per heavy atom. The van der Waals surface area contributed by atoms with Gasteiger partial charge in [-0.2, -0.15) is 0 Å². The average Bonchev–Trinajstić information content (AvgIpc) is 2.85. The molecule has 2 amide bonds. The number of aliphatic hydroxyl groups excluding tert-OH is 1. The van der Waals surface area contributed by atoms with Crippen molar-refractivity contribution in [2.75, 3.05) is 18.5 Å². The standard InChI is InChI=1S/C15H19N3O3/c1-10(9-19)8-16-14(20)15(21)17-12-4-3-11-5-6-18(2)13(11)7-12/h3-7,10,19H,8-9H2,1-2H3,(H,16,20)(H,17,21). The summed E-state index contributed by atoms with van der Waals surface area (Å²) in [6.07, 6.45) is 1.93. The molecule has 1 atom stereocenters. The quantitative estimate of drug-likeness (QED) is 0.730. The van der Waals surface area contributed by atoms with E-state index in [1.807, 2.05) is 36.0 Å². The predicted molar refractivity (Wildman–Crippen MR) is 80.8 cm³/mol. The highest BCUT2D eigenvalue weighted by Gasteiger charge is 2.14. The van der Waals surface area contributed by atoms with Crippen molar-refractivity contribution in [1.82, 2.24) is 9.88 Å². The lowest BCUT2D eigenvalue weighted by atomic mass is 10.2. The molecule has 6 heteroatoms. The second kappa shape index (κ2) is 6.41. The molecule has 0 spiro atoms. The molecule has 1 unspecified atom stereocenters. The van der Waals surface area contributed by atoms with Crippen LogP contribution < -0.4 is 10.6 Å². The van der Waals surface area contributed by atoms with Gasteiger partial charge in [0, 0.05) is 37.6 Å². The second-order valence-corrected chi connectivity index (χ2v) is 5.15. The molecule has 1 aromatic carbocycles. The molecule has 112 valence electrons. The van der Waals surface area contributed by atoms with Crippen LogP contribution in [0, 0.1) is 5.92 Å². The van der Waals surface area contributed by atoms with Crippen LogP contribution in [-0.4, -0.2) is 34.6 Å². The second-order valence-electron chi connectivity index (χ2n) is 5.15. The fraction of sp³-hybridized carbons (Fsp3) is 0.333. The Labute approximate surface area is 122 Å². The maximum atomic E-state index is 11.8. The van der Waals surface area contributed by atoms with E-state index in [0.717, 1.165) is 10.9 Å². The van der Waals surface area contributed by atoms with E-state index in [9.17, 15) is 9.59 Å². The van der Waals surface area contributed by atoms with Crippen molar-refractivity contribution < 1.29 is 14.7 Å². The molecule has 0 saturated carbocycles. The van der Waals surface area contributed by atoms with Gasteiger partial charge in [-0.15, -0.1) is 0 Å². The molecule has 0 saturated heterocycles. The zero-order valence-corrected chi connectivity index (χ0v) is 12.1. The largest absolute Gasteiger partial charge is 0.396 e. The van der Waals surface area contributed by atoms with Crippen LogP contribution in [-0.2, 0) is 16.6 Å². The maximum Gasteiger partial charge on any atom is 0.313 e. The van der Waals surface area contributed by atoms with Crippen LogP contribution in [0.15, 0.2) is 30.5 Å². The highest BCUT2D eigenvalue weighted by Crippen LogP contribution is 2.19. The van der Waals surface area contributed by atoms with E-state index in [1.54, 1.807) is 13.0 Å². The third-order valence-electron chi connectivity index (χ3n) is 3.27. The summed E-state index contributed by atoms with van der Waals surface area (Å²) in [4.78, 5) is 23.4. The molecule has 21 heavy (non-hydrogen) atoms. The van der Waals surface area contributed by atoms with Gasteiger partial charge in [0.05, 0.1) is 0 Å². The van der Waals surface area contributed by atoms with Gasteiger partial charge in [0.25, 0.3) is 0 Å². The van der Waals surface area contributed by atoms with Crippen molar-refractivity contribution in [3.8, 4) is 0 Å². The summed E-state index contributed by atoms with van der Waals surface area (Å²) in [6.45, 7) is 2.01. The Morgan fingerprint density at radius 2 is 2.05 bits per heavy atom. The number of benzene rings is 1. The number of anilines is 1. The topological polar surface area (TPSA) is 83.4 Å². The third-order valence-corrected chi connectivity index (χ3v) is 3.27. The molecule has 0 fully saturated rings. The van der Waals surface area contributed by atoms with Crippen LogP contribution in [0.25, 0.3) is 10.9 Å². The lowest BCUT2D eigenvalue weighted by Crippen LogP contribution is -2.38. The predicted octanol–water partition coefficient (Wildman–Crippen LogP) is 0.861. The number of aromatic nitrogens is 1. The van der Waals surface area contributed by atoms with Gasteiger partial charge in [0.2, 0.25) is 0 Å². The molecule has 6 nitrogen and oxygen atoms in total. The van der Waals surface area contributed by atoms with Gasteiger partial charge in [-0.1, -0.05) is 13.0 Å². The molecule has 1 heterocycles. The van der Waals surface area contributed by atoms with E-state index in [1.165, 1.54) is 0 Å². The molecule has 1 aromatic heterocycles. The van der Waals surface area contributed by atoms with Gasteiger partial charge in [-0.3, -0.25) is 9.59 Å². The Kier molecular flexibility index (Phi) is 4.59. The van der Waals surface area contributed by atoms with Crippen molar-refractivity contribution in [3.05, 3.63) is 30.5 Å². The SMILES string of the molecule is CC(CO)CNC(=O)C(=O)Nc1ccc2ccn(C)c2c1. The normalized spacial score (nSPS) is 12.1. The zero-order valence-electron chi connectivity index (χ0n) is 12.1. The highest BCUT2D eigenvalue weighted by molar-refractivity contribution is 6.39. The number of hydrogen-bond acceptors (Lipinski definition) is 3. The van der Waals surface area contributed by atoms with E-state index >= 15 is 0 Å². The Morgan fingerprint density at radius 3 is 2.76 bits per heavy atom. The number of carbonyl (C=O) groups excluding carboxylic acids is 2. The average molecular weight is 289 g/mol. The van der Waals surface area contributed by atoms with Crippen molar-refractivity contribution in [2.45, 2.75) is 6.92 Å². The molecule has 0 radical (unpaired) electrons. The lowest BCUT2D eigenvalue weighted by Gasteiger charge is -2.10. The van der Waals surface area contributed by atoms with Crippen LogP contribution in [0.5, 0.6) is 0 Å². The number of nitrogens with zero attached hydrogens (tertiary/aromatic N) is 1. The smallest absolute Gasteiger partial charge is 0.313 e. The number of rotatable bonds is 4. The number of hydrogen-bond donors (Lipinski definition) is 3. The number of carbonyl (C=O) groups is 2. The van der Waals surface area contributed by atoms with Crippen molar-refractivity contribution in [1.29, 1.82) is 0 Å². The fourth-order valence-corrected chi connectivity index (χ4v) is 1.94. The summed E-state index contributed by atoms with van der Waals surface area (Å²) in [6, 6.07) is 7.43. The Hall–Kier alpha value is -2.34. The highest BCUT2D eigenvalue weighted by atomic mass is 16.3. The summed E-state index contributed by atoms with van der Waals surface area (Å²) in [7, 11) is 1.91. The number of nitrogens with one attached hydrogen (secondary N) is 2. The van der Waals surface area contributed by atoms with Crippen LogP contribution in [0.2, 0.25) is 0 Å². The van der Waals surface area contributed by atoms with E-state index in [0.29, 0.717) is 5.69 Å². The van der Waals surface area contributed by atoms with Crippen molar-refractivity contribution >= 4 is 28.4 Å². The summed E-state index contributed by atoms with van der Waals surface area (Å²) >= 11 is 0. The number of fused-ring (bicyclic) bond motifs is 1. The Bertz CT molecular complexity index is 663. The maximum absolute atomic E-state index is 11.8. The van der Waals surface area contributed by atoms with Gasteiger partial charge in [0.1, 0.15) is 0 Å². The van der Waals surface area contributed by atoms with E-state index in [2.05, 4.69) is 10.6 Å². The van der Waals surface area contributed by atoms with Crippen LogP contribution in [0.1, 0.15) is 6.92 Å². The van der Waals surface area contributed by atoms with Gasteiger partial charge < -0.3 is 20.3 Å². The third kappa shape index (κ3) is 3.61. The molecular weight excluding hydrogens is 270 g/mol. The number of aryl methyl sites for hydroxylation is 1. The summed E-state index contributed by atoms with van der Waals surface area (Å²) < 4.78 is 1.94. The minimum Gasteiger partial charge on any atom is -0.396 e. The van der Waals surface area contributed by atoms with Gasteiger partial charge >= 0.3 is 11.8 Å². The van der Waals surface area contributed by atoms with Gasteiger partial charge in [-0.05, 0) is 29.5 Å². The minimum absolute atomic E-state index is 0.0357. The van der Waals surface area contributed by atoms with Crippen LogP contribution in [0.3, 0.4) is 0 Å². The number of aliphatic hydroxyl groups is 1. The van der Waals surface area contributed by atoms with E-state index in [4.69, 9.17) is 5.11 Å². The van der Waals surface area contributed by atoms with E-state index in [-0.39, 0.29) is 19.1 Å². The zero-order chi connectivity index (χ0) is 15.4. The molecule has 0 aliphatic carbocycles. The first-order valence-corrected chi connectivity index (χ1v) is 6.76. The van der Waals surface area contributed by atoms with Crippen LogP contribution in [0.4, 0.5) is 5.69 Å². The van der Waals surface area contributed by atoms with E-state index < -0.39 is 11.8 Å². The molecule has 2 rings (SSSR count). The van der Waals surface area contributed by atoms with Crippen molar-refractivity contribution in [2.24, 2.45) is 13.0 Å². The molecule has 3 N–H and O–H groups in total. The first-order chi connectivity index (χ1) is 10.0. The summed E-state index contributed by atoms with van der Waals surface area (Å²) in [5.41, 5.74) is 1.54. The summed E-state index contributed by atoms with van der Waals surface area (Å²) in [5, 5.41) is 15.0. The first-order valence-electron chi connectivity index (χ1n) is 6.76. The molecular formula is C15H19N3O3. The number of amides is 2. The molecule has 0 aliphatic heterocycles. The van der Waals surface area contributed by atoms with Crippen molar-refractivity contribution in [3.63, 3.8) is 0 Å². The minimum atomic E-state index is -0.714. The molecule has 0 aliphatic rings. The molecule has 0 bridgehead atoms. The van der Waals surface area contributed by atoms with Crippen LogP contribution >= 0.6 is 0 Å². The van der Waals surface area contributed by atoms with Gasteiger partial charge in [0.15, 0.2) is 0 Å². The van der Waals surface area contributed by atoms with Gasteiger partial charge in [-0.25, -0.2) is 0 Å². The lowest BCUT2D eigenvalue weighted by molar-refractivity contribution is -0.136. The molecule has 2 aromatic rings. The Balaban J connectivity index is 2.00. The first kappa shape index (κ1) is 15.1. The summed E-state index contributed by atoms with van der Waals surface area (Å²) in [5.74, 6) is -1.50. The fourth-order valence-electron chi connectivity index (χ4n) is 1.94. The monoisotopic (exact) mass is 289 g/mol.